The van der Waals surface area contributed by atoms with Crippen LogP contribution >= 0.6 is 0 Å². The molecule has 14 heavy (non-hydrogen) atoms. The van der Waals surface area contributed by atoms with E-state index < -0.39 is 11.9 Å². The predicted molar refractivity (Wildman–Crippen MR) is 51.7 cm³/mol. The summed E-state index contributed by atoms with van der Waals surface area (Å²) in [5, 5.41) is 8.98. The normalized spacial score (nSPS) is 18.9. The third-order valence-corrected chi connectivity index (χ3v) is 2.26. The smallest absolute Gasteiger partial charge is 0.311 e. The van der Waals surface area contributed by atoms with Crippen molar-refractivity contribution in [2.45, 2.75) is 12.8 Å². The third kappa shape index (κ3) is 2.58. The number of hydrogen-bond acceptors (Lipinski definition) is 3. The quantitative estimate of drug-likeness (QED) is 0.521. The van der Waals surface area contributed by atoms with E-state index >= 15 is 0 Å². The number of aliphatic carboxylic acids is 1. The van der Waals surface area contributed by atoms with Crippen molar-refractivity contribution < 1.29 is 14.7 Å². The van der Waals surface area contributed by atoms with E-state index in [0.717, 1.165) is 12.8 Å². The van der Waals surface area contributed by atoms with Crippen LogP contribution in [-0.2, 0) is 9.59 Å². The highest BCUT2D eigenvalue weighted by atomic mass is 16.4. The number of carbonyl (C=O) groups excluding carboxylic acids is 1. The minimum Gasteiger partial charge on any atom is -0.481 e. The first-order valence-corrected chi connectivity index (χ1v) is 4.62. The highest BCUT2D eigenvalue weighted by Gasteiger charge is 2.38. The molecule has 1 aliphatic rings. The molecule has 0 saturated heterocycles. The highest BCUT2D eigenvalue weighted by Crippen LogP contribution is 2.40. The monoisotopic (exact) mass is 197 g/mol. The molecular formula is C10H15NO3. The Labute approximate surface area is 83.2 Å². The van der Waals surface area contributed by atoms with Gasteiger partial charge in [-0.15, -0.1) is 0 Å². The summed E-state index contributed by atoms with van der Waals surface area (Å²) in [5.74, 6) is -1.36. The summed E-state index contributed by atoms with van der Waals surface area (Å²) in [5.41, 5.74) is 0.366. The minimum atomic E-state index is -0.896. The fourth-order valence-corrected chi connectivity index (χ4v) is 1.53. The summed E-state index contributed by atoms with van der Waals surface area (Å²) in [6.45, 7) is 0. The molecule has 0 radical (unpaired) electrons. The summed E-state index contributed by atoms with van der Waals surface area (Å²) in [6.07, 6.45) is 4.06. The van der Waals surface area contributed by atoms with Gasteiger partial charge in [-0.3, -0.25) is 9.59 Å². The van der Waals surface area contributed by atoms with Crippen molar-refractivity contribution in [1.29, 1.82) is 0 Å². The molecule has 78 valence electrons. The SMILES string of the molecule is CN(C)/C=C(\C=O)C(C(=O)O)C1CC1. The van der Waals surface area contributed by atoms with Crippen LogP contribution in [0.4, 0.5) is 0 Å². The van der Waals surface area contributed by atoms with E-state index in [0.29, 0.717) is 11.9 Å². The van der Waals surface area contributed by atoms with Gasteiger partial charge in [0.15, 0.2) is 0 Å². The number of carbonyl (C=O) groups is 2. The highest BCUT2D eigenvalue weighted by molar-refractivity contribution is 5.86. The Morgan fingerprint density at radius 2 is 2.07 bits per heavy atom. The molecule has 1 saturated carbocycles. The Bertz CT molecular complexity index is 267. The second kappa shape index (κ2) is 4.26. The van der Waals surface area contributed by atoms with E-state index in [1.165, 1.54) is 0 Å². The molecule has 1 N–H and O–H groups in total. The lowest BCUT2D eigenvalue weighted by Crippen LogP contribution is -2.21. The molecule has 0 spiro atoms. The van der Waals surface area contributed by atoms with Gasteiger partial charge in [-0.1, -0.05) is 0 Å². The Kier molecular flexibility index (Phi) is 3.28. The number of nitrogens with zero attached hydrogens (tertiary/aromatic N) is 1. The fourth-order valence-electron chi connectivity index (χ4n) is 1.53. The largest absolute Gasteiger partial charge is 0.481 e. The van der Waals surface area contributed by atoms with Gasteiger partial charge in [-0.05, 0) is 18.8 Å². The number of carboxylic acid groups (broad SMARTS) is 1. The maximum Gasteiger partial charge on any atom is 0.311 e. The molecule has 1 unspecified atom stereocenters. The second-order valence-electron chi connectivity index (χ2n) is 3.86. The lowest BCUT2D eigenvalue weighted by atomic mass is 9.95. The molecule has 0 aromatic rings. The van der Waals surface area contributed by atoms with Gasteiger partial charge in [0.05, 0.1) is 5.92 Å². The minimum absolute atomic E-state index is 0.156. The zero-order chi connectivity index (χ0) is 10.7. The van der Waals surface area contributed by atoms with Crippen molar-refractivity contribution in [2.24, 2.45) is 11.8 Å². The molecule has 0 bridgehead atoms. The summed E-state index contributed by atoms with van der Waals surface area (Å²) in [6, 6.07) is 0. The van der Waals surface area contributed by atoms with Crippen LogP contribution in [0, 0.1) is 11.8 Å². The number of hydrogen-bond donors (Lipinski definition) is 1. The van der Waals surface area contributed by atoms with Crippen LogP contribution in [-0.4, -0.2) is 36.4 Å². The molecule has 0 aromatic carbocycles. The van der Waals surface area contributed by atoms with Crippen molar-refractivity contribution in [1.82, 2.24) is 4.90 Å². The van der Waals surface area contributed by atoms with E-state index in [4.69, 9.17) is 5.11 Å². The van der Waals surface area contributed by atoms with Gasteiger partial charge in [0.25, 0.3) is 0 Å². The van der Waals surface area contributed by atoms with Crippen molar-refractivity contribution in [3.05, 3.63) is 11.8 Å². The van der Waals surface area contributed by atoms with Gasteiger partial charge in [0.1, 0.15) is 6.29 Å². The third-order valence-electron chi connectivity index (χ3n) is 2.26. The average Bonchev–Trinajstić information content (AvgIpc) is 2.85. The first kappa shape index (κ1) is 10.8. The lowest BCUT2D eigenvalue weighted by molar-refractivity contribution is -0.141. The average molecular weight is 197 g/mol. The maximum atomic E-state index is 10.9. The summed E-state index contributed by atoms with van der Waals surface area (Å²) in [4.78, 5) is 23.4. The van der Waals surface area contributed by atoms with Crippen LogP contribution in [0.25, 0.3) is 0 Å². The fraction of sp³-hybridized carbons (Fsp3) is 0.600. The van der Waals surface area contributed by atoms with E-state index in [9.17, 15) is 9.59 Å². The van der Waals surface area contributed by atoms with Crippen LogP contribution in [0.15, 0.2) is 11.8 Å². The molecule has 1 atom stereocenters. The van der Waals surface area contributed by atoms with Crippen molar-refractivity contribution in [3.63, 3.8) is 0 Å². The van der Waals surface area contributed by atoms with Gasteiger partial charge in [0, 0.05) is 25.9 Å². The summed E-state index contributed by atoms with van der Waals surface area (Å²) >= 11 is 0. The Morgan fingerprint density at radius 1 is 1.50 bits per heavy atom. The van der Waals surface area contributed by atoms with Gasteiger partial charge >= 0.3 is 5.97 Å². The molecule has 0 aliphatic heterocycles. The van der Waals surface area contributed by atoms with Gasteiger partial charge in [0.2, 0.25) is 0 Å². The van der Waals surface area contributed by atoms with Crippen molar-refractivity contribution in [2.75, 3.05) is 14.1 Å². The molecule has 1 aliphatic carbocycles. The Morgan fingerprint density at radius 3 is 2.36 bits per heavy atom. The van der Waals surface area contributed by atoms with Crippen molar-refractivity contribution in [3.8, 4) is 0 Å². The first-order valence-electron chi connectivity index (χ1n) is 4.62. The van der Waals surface area contributed by atoms with E-state index in [-0.39, 0.29) is 5.92 Å². The van der Waals surface area contributed by atoms with Crippen LogP contribution in [0.3, 0.4) is 0 Å². The molecule has 0 heterocycles. The number of rotatable bonds is 5. The molecule has 0 aromatic heterocycles. The van der Waals surface area contributed by atoms with Crippen molar-refractivity contribution >= 4 is 12.3 Å². The zero-order valence-electron chi connectivity index (χ0n) is 8.43. The maximum absolute atomic E-state index is 10.9. The number of carboxylic acids is 1. The lowest BCUT2D eigenvalue weighted by Gasteiger charge is -2.13. The van der Waals surface area contributed by atoms with Crippen LogP contribution in [0.1, 0.15) is 12.8 Å². The first-order chi connectivity index (χ1) is 6.56. The topological polar surface area (TPSA) is 57.6 Å². The van der Waals surface area contributed by atoms with Crippen LogP contribution in [0.2, 0.25) is 0 Å². The number of aldehydes is 1. The summed E-state index contributed by atoms with van der Waals surface area (Å²) < 4.78 is 0. The second-order valence-corrected chi connectivity index (χ2v) is 3.86. The summed E-state index contributed by atoms with van der Waals surface area (Å²) in [7, 11) is 3.55. The molecule has 1 fully saturated rings. The molecule has 0 amide bonds. The van der Waals surface area contributed by atoms with E-state index in [1.807, 2.05) is 0 Å². The zero-order valence-corrected chi connectivity index (χ0v) is 8.43. The van der Waals surface area contributed by atoms with Gasteiger partial charge < -0.3 is 10.0 Å². The Hall–Kier alpha value is -1.32. The van der Waals surface area contributed by atoms with Gasteiger partial charge in [-0.2, -0.15) is 0 Å². The molecule has 4 heteroatoms. The van der Waals surface area contributed by atoms with E-state index in [1.54, 1.807) is 25.2 Å². The predicted octanol–water partition coefficient (Wildman–Crippen LogP) is 0.742. The molecule has 4 nitrogen and oxygen atoms in total. The van der Waals surface area contributed by atoms with Crippen LogP contribution in [0.5, 0.6) is 0 Å². The molecule has 1 rings (SSSR count). The standard InChI is InChI=1S/C10H15NO3/c1-11(2)5-8(6-12)9(10(13)14)7-3-4-7/h5-7,9H,3-4H2,1-2H3,(H,13,14)/b8-5+. The Balaban J connectivity index is 2.83. The molecular weight excluding hydrogens is 182 g/mol. The van der Waals surface area contributed by atoms with Gasteiger partial charge in [-0.25, -0.2) is 0 Å². The van der Waals surface area contributed by atoms with Crippen LogP contribution < -0.4 is 0 Å². The van der Waals surface area contributed by atoms with E-state index in [2.05, 4.69) is 0 Å².